The third kappa shape index (κ3) is 3.74. The van der Waals surface area contributed by atoms with Crippen LogP contribution in [-0.4, -0.2) is 41.0 Å². The molecule has 1 heterocycles. The van der Waals surface area contributed by atoms with Crippen LogP contribution >= 0.6 is 0 Å². The number of aryl methyl sites for hydroxylation is 2. The quantitative estimate of drug-likeness (QED) is 0.883. The second kappa shape index (κ2) is 7.22. The van der Waals surface area contributed by atoms with Gasteiger partial charge in [0.2, 0.25) is 5.91 Å². The number of nitrogens with zero attached hydrogens (tertiary/aromatic N) is 3. The predicted molar refractivity (Wildman–Crippen MR) is 87.5 cm³/mol. The molecule has 1 atom stereocenters. The van der Waals surface area contributed by atoms with Crippen LogP contribution in [0.15, 0.2) is 36.7 Å². The van der Waals surface area contributed by atoms with Gasteiger partial charge in [0.25, 0.3) is 0 Å². The van der Waals surface area contributed by atoms with Crippen LogP contribution < -0.4 is 5.32 Å². The van der Waals surface area contributed by atoms with Gasteiger partial charge in [-0.1, -0.05) is 24.3 Å². The van der Waals surface area contributed by atoms with Crippen LogP contribution in [0.1, 0.15) is 23.0 Å². The fourth-order valence-corrected chi connectivity index (χ4v) is 2.58. The van der Waals surface area contributed by atoms with Crippen molar-refractivity contribution < 1.29 is 4.79 Å². The van der Waals surface area contributed by atoms with E-state index in [9.17, 15) is 4.79 Å². The van der Waals surface area contributed by atoms with E-state index >= 15 is 0 Å². The maximum absolute atomic E-state index is 12.6. The number of carbonyl (C=O) groups excluding carboxylic acids is 1. The lowest BCUT2D eigenvalue weighted by Crippen LogP contribution is -2.38. The van der Waals surface area contributed by atoms with Gasteiger partial charge in [-0.2, -0.15) is 0 Å². The lowest BCUT2D eigenvalue weighted by atomic mass is 10.00. The van der Waals surface area contributed by atoms with Crippen LogP contribution in [-0.2, 0) is 18.3 Å². The first kappa shape index (κ1) is 16.2. The fraction of sp³-hybridized carbons (Fsp3) is 0.412. The second-order valence-corrected chi connectivity index (χ2v) is 5.72. The van der Waals surface area contributed by atoms with Gasteiger partial charge in [0.15, 0.2) is 0 Å². The summed E-state index contributed by atoms with van der Waals surface area (Å²) in [7, 11) is 5.81. The Kier molecular flexibility index (Phi) is 5.33. The van der Waals surface area contributed by atoms with E-state index in [2.05, 4.69) is 10.3 Å². The highest BCUT2D eigenvalue weighted by Gasteiger charge is 2.23. The molecular weight excluding hydrogens is 276 g/mol. The monoisotopic (exact) mass is 300 g/mol. The average Bonchev–Trinajstić information content (AvgIpc) is 2.86. The smallest absolute Gasteiger partial charge is 0.241 e. The first-order chi connectivity index (χ1) is 10.5. The normalized spacial score (nSPS) is 12.4. The SMILES string of the molecule is Cc1ccccc1[C@H](C(=O)NCCc1nccn1C)N(C)C. The summed E-state index contributed by atoms with van der Waals surface area (Å²) in [5.41, 5.74) is 2.17. The first-order valence-corrected chi connectivity index (χ1v) is 7.46. The minimum absolute atomic E-state index is 0.0218. The van der Waals surface area contributed by atoms with Crippen molar-refractivity contribution in [1.82, 2.24) is 19.8 Å². The van der Waals surface area contributed by atoms with Gasteiger partial charge < -0.3 is 9.88 Å². The number of likely N-dealkylation sites (N-methyl/N-ethyl adjacent to an activating group) is 1. The molecule has 0 aliphatic heterocycles. The van der Waals surface area contributed by atoms with E-state index in [1.807, 2.05) is 68.0 Å². The van der Waals surface area contributed by atoms with Crippen LogP contribution in [0, 0.1) is 6.92 Å². The van der Waals surface area contributed by atoms with Gasteiger partial charge in [-0.3, -0.25) is 9.69 Å². The molecule has 2 rings (SSSR count). The summed E-state index contributed by atoms with van der Waals surface area (Å²) in [5, 5.41) is 3.02. The Morgan fingerprint density at radius 2 is 2.09 bits per heavy atom. The molecule has 1 amide bonds. The largest absolute Gasteiger partial charge is 0.354 e. The van der Waals surface area contributed by atoms with E-state index in [1.54, 1.807) is 6.20 Å². The Labute approximate surface area is 132 Å². The maximum Gasteiger partial charge on any atom is 0.241 e. The highest BCUT2D eigenvalue weighted by atomic mass is 16.2. The molecule has 2 aromatic rings. The molecule has 0 radical (unpaired) electrons. The standard InChI is InChI=1S/C17H24N4O/c1-13-7-5-6-8-14(13)16(20(2)3)17(22)19-10-9-15-18-11-12-21(15)4/h5-8,11-12,16H,9-10H2,1-4H3,(H,19,22)/t16-/m1/s1. The number of rotatable bonds is 6. The number of imidazole rings is 1. The number of nitrogens with one attached hydrogen (secondary N) is 1. The van der Waals surface area contributed by atoms with Gasteiger partial charge >= 0.3 is 0 Å². The summed E-state index contributed by atoms with van der Waals surface area (Å²) in [6.07, 6.45) is 4.41. The highest BCUT2D eigenvalue weighted by Crippen LogP contribution is 2.21. The molecule has 1 aromatic heterocycles. The van der Waals surface area contributed by atoms with Gasteiger partial charge in [0.1, 0.15) is 11.9 Å². The Balaban J connectivity index is 2.02. The molecule has 5 heteroatoms. The van der Waals surface area contributed by atoms with Crippen molar-refractivity contribution in [2.24, 2.45) is 7.05 Å². The molecule has 0 fully saturated rings. The molecule has 0 aliphatic carbocycles. The van der Waals surface area contributed by atoms with Gasteiger partial charge in [-0.25, -0.2) is 4.98 Å². The lowest BCUT2D eigenvalue weighted by molar-refractivity contribution is -0.125. The first-order valence-electron chi connectivity index (χ1n) is 7.46. The van der Waals surface area contributed by atoms with Crippen molar-refractivity contribution in [2.45, 2.75) is 19.4 Å². The van der Waals surface area contributed by atoms with Crippen LogP contribution in [0.3, 0.4) is 0 Å². The minimum Gasteiger partial charge on any atom is -0.354 e. The van der Waals surface area contributed by atoms with E-state index in [-0.39, 0.29) is 11.9 Å². The molecule has 118 valence electrons. The topological polar surface area (TPSA) is 50.2 Å². The summed E-state index contributed by atoms with van der Waals surface area (Å²) < 4.78 is 1.97. The van der Waals surface area contributed by atoms with Crippen molar-refractivity contribution in [3.05, 3.63) is 53.6 Å². The van der Waals surface area contributed by atoms with Crippen LogP contribution in [0.2, 0.25) is 0 Å². The summed E-state index contributed by atoms with van der Waals surface area (Å²) in [4.78, 5) is 18.8. The number of amides is 1. The molecule has 0 unspecified atom stereocenters. The molecule has 0 saturated carbocycles. The average molecular weight is 300 g/mol. The highest BCUT2D eigenvalue weighted by molar-refractivity contribution is 5.83. The minimum atomic E-state index is -0.275. The summed E-state index contributed by atoms with van der Waals surface area (Å²) in [6.45, 7) is 2.62. The van der Waals surface area contributed by atoms with E-state index in [0.717, 1.165) is 23.4 Å². The van der Waals surface area contributed by atoms with Gasteiger partial charge in [0.05, 0.1) is 0 Å². The third-order valence-corrected chi connectivity index (χ3v) is 3.82. The Morgan fingerprint density at radius 3 is 2.68 bits per heavy atom. The predicted octanol–water partition coefficient (Wildman–Crippen LogP) is 1.69. The van der Waals surface area contributed by atoms with E-state index in [1.165, 1.54) is 0 Å². The van der Waals surface area contributed by atoms with E-state index in [0.29, 0.717) is 6.54 Å². The Morgan fingerprint density at radius 1 is 1.36 bits per heavy atom. The zero-order valence-corrected chi connectivity index (χ0v) is 13.7. The maximum atomic E-state index is 12.6. The van der Waals surface area contributed by atoms with Crippen LogP contribution in [0.25, 0.3) is 0 Å². The Hall–Kier alpha value is -2.14. The molecule has 0 saturated heterocycles. The van der Waals surface area contributed by atoms with Gasteiger partial charge in [-0.15, -0.1) is 0 Å². The molecule has 22 heavy (non-hydrogen) atoms. The second-order valence-electron chi connectivity index (χ2n) is 5.72. The summed E-state index contributed by atoms with van der Waals surface area (Å²) in [6, 6.07) is 7.73. The van der Waals surface area contributed by atoms with Gasteiger partial charge in [-0.05, 0) is 32.1 Å². The number of carbonyl (C=O) groups is 1. The van der Waals surface area contributed by atoms with Crippen LogP contribution in [0.4, 0.5) is 0 Å². The van der Waals surface area contributed by atoms with Crippen molar-refractivity contribution in [2.75, 3.05) is 20.6 Å². The van der Waals surface area contributed by atoms with Gasteiger partial charge in [0, 0.05) is 32.4 Å². The molecule has 1 aromatic carbocycles. The lowest BCUT2D eigenvalue weighted by Gasteiger charge is -2.25. The van der Waals surface area contributed by atoms with Crippen molar-refractivity contribution in [1.29, 1.82) is 0 Å². The van der Waals surface area contributed by atoms with Crippen molar-refractivity contribution >= 4 is 5.91 Å². The summed E-state index contributed by atoms with van der Waals surface area (Å²) in [5.74, 6) is 0.992. The van der Waals surface area contributed by atoms with E-state index < -0.39 is 0 Å². The van der Waals surface area contributed by atoms with Crippen LogP contribution in [0.5, 0.6) is 0 Å². The number of hydrogen-bond donors (Lipinski definition) is 1. The van der Waals surface area contributed by atoms with Crippen molar-refractivity contribution in [3.63, 3.8) is 0 Å². The molecule has 1 N–H and O–H groups in total. The number of benzene rings is 1. The van der Waals surface area contributed by atoms with Crippen molar-refractivity contribution in [3.8, 4) is 0 Å². The third-order valence-electron chi connectivity index (χ3n) is 3.82. The van der Waals surface area contributed by atoms with E-state index in [4.69, 9.17) is 0 Å². The molecule has 0 bridgehead atoms. The molecular formula is C17H24N4O. The molecule has 5 nitrogen and oxygen atoms in total. The molecule has 0 aliphatic rings. The molecule has 0 spiro atoms. The summed E-state index contributed by atoms with van der Waals surface area (Å²) >= 11 is 0. The number of aromatic nitrogens is 2. The fourth-order valence-electron chi connectivity index (χ4n) is 2.58. The number of hydrogen-bond acceptors (Lipinski definition) is 3. The Bertz CT molecular complexity index is 633. The zero-order valence-electron chi connectivity index (χ0n) is 13.7. The zero-order chi connectivity index (χ0) is 16.1.